The maximum Gasteiger partial charge on any atom is 0.321 e. The molecule has 0 spiro atoms. The average Bonchev–Trinajstić information content (AvgIpc) is 2.99. The van der Waals surface area contributed by atoms with Crippen molar-refractivity contribution in [2.45, 2.75) is 13.0 Å². The van der Waals surface area contributed by atoms with Crippen molar-refractivity contribution in [3.63, 3.8) is 0 Å². The number of amides is 1. The number of benzene rings is 1. The van der Waals surface area contributed by atoms with Crippen LogP contribution < -0.4 is 5.32 Å². The van der Waals surface area contributed by atoms with E-state index < -0.39 is 23.8 Å². The molecule has 0 aliphatic carbocycles. The molecule has 1 aliphatic heterocycles. The number of para-hydroxylation sites is 2. The fraction of sp³-hybridized carbons (Fsp3) is 0.222. The topological polar surface area (TPSA) is 86.1 Å². The Kier molecular flexibility index (Phi) is 3.68. The van der Waals surface area contributed by atoms with E-state index in [1.165, 1.54) is 0 Å². The summed E-state index contributed by atoms with van der Waals surface area (Å²) in [5.41, 5.74) is 2.17. The minimum Gasteiger partial charge on any atom is -0.465 e. The third kappa shape index (κ3) is 2.44. The molecule has 2 aromatic heterocycles. The summed E-state index contributed by atoms with van der Waals surface area (Å²) >= 11 is 0. The maximum atomic E-state index is 12.6. The molecule has 4 rings (SSSR count). The lowest BCUT2D eigenvalue weighted by atomic mass is 9.93. The number of fused-ring (bicyclic) bond motifs is 3. The van der Waals surface area contributed by atoms with Crippen molar-refractivity contribution in [1.82, 2.24) is 14.5 Å². The van der Waals surface area contributed by atoms with Gasteiger partial charge in [0.15, 0.2) is 5.92 Å². The largest absolute Gasteiger partial charge is 0.465 e. The van der Waals surface area contributed by atoms with Crippen molar-refractivity contribution in [3.8, 4) is 0 Å². The predicted molar refractivity (Wildman–Crippen MR) is 90.9 cm³/mol. The number of hydrogen-bond donors (Lipinski definition) is 1. The highest BCUT2D eigenvalue weighted by molar-refractivity contribution is 6.07. The second kappa shape index (κ2) is 6.01. The van der Waals surface area contributed by atoms with E-state index in [0.717, 1.165) is 11.0 Å². The zero-order valence-corrected chi connectivity index (χ0v) is 13.5. The van der Waals surface area contributed by atoms with Gasteiger partial charge >= 0.3 is 5.97 Å². The second-order valence-electron chi connectivity index (χ2n) is 5.71. The Morgan fingerprint density at radius 1 is 1.24 bits per heavy atom. The quantitative estimate of drug-likeness (QED) is 0.585. The molecule has 0 bridgehead atoms. The van der Waals surface area contributed by atoms with Crippen molar-refractivity contribution < 1.29 is 14.3 Å². The molecule has 7 heteroatoms. The van der Waals surface area contributed by atoms with Gasteiger partial charge in [0.05, 0.1) is 23.3 Å². The number of carbonyl (C=O) groups is 2. The Balaban J connectivity index is 1.96. The number of carbonyl (C=O) groups excluding carboxylic acids is 2. The van der Waals surface area contributed by atoms with Crippen molar-refractivity contribution in [3.05, 3.63) is 54.4 Å². The Bertz CT molecular complexity index is 951. The SMILES string of the molecule is CCOC(=O)[C@@H]1C(=O)Nc2nc3ccccc3n2[C@H]1c1ccccn1. The molecular formula is C18H16N4O3. The summed E-state index contributed by atoms with van der Waals surface area (Å²) in [5.74, 6) is -1.63. The monoisotopic (exact) mass is 336 g/mol. The Morgan fingerprint density at radius 2 is 2.04 bits per heavy atom. The summed E-state index contributed by atoms with van der Waals surface area (Å²) in [6, 6.07) is 12.3. The zero-order valence-electron chi connectivity index (χ0n) is 13.5. The second-order valence-corrected chi connectivity index (χ2v) is 5.71. The van der Waals surface area contributed by atoms with Gasteiger partial charge in [-0.1, -0.05) is 18.2 Å². The van der Waals surface area contributed by atoms with E-state index in [4.69, 9.17) is 4.74 Å². The normalized spacial score (nSPS) is 19.3. The number of imidazole rings is 1. The van der Waals surface area contributed by atoms with Gasteiger partial charge in [0.25, 0.3) is 0 Å². The van der Waals surface area contributed by atoms with Crippen LogP contribution in [0.15, 0.2) is 48.7 Å². The van der Waals surface area contributed by atoms with Gasteiger partial charge in [-0.2, -0.15) is 0 Å². The number of aromatic nitrogens is 3. The number of nitrogens with one attached hydrogen (secondary N) is 1. The number of ether oxygens (including phenoxy) is 1. The first-order valence-corrected chi connectivity index (χ1v) is 8.06. The number of hydrogen-bond acceptors (Lipinski definition) is 5. The molecule has 0 saturated heterocycles. The van der Waals surface area contributed by atoms with E-state index in [1.807, 2.05) is 34.9 Å². The van der Waals surface area contributed by atoms with E-state index in [9.17, 15) is 9.59 Å². The standard InChI is InChI=1S/C18H16N4O3/c1-2-25-17(24)14-15(12-8-5-6-10-19-12)22-13-9-4-3-7-11(13)20-18(22)21-16(14)23/h3-10,14-15H,2H2,1H3,(H,20,21,23)/t14-,15-/m0/s1. The van der Waals surface area contributed by atoms with Crippen LogP contribution in [-0.2, 0) is 14.3 Å². The van der Waals surface area contributed by atoms with Gasteiger partial charge in [0, 0.05) is 6.20 Å². The molecule has 7 nitrogen and oxygen atoms in total. The fourth-order valence-electron chi connectivity index (χ4n) is 3.22. The van der Waals surface area contributed by atoms with Gasteiger partial charge in [0.2, 0.25) is 11.9 Å². The van der Waals surface area contributed by atoms with Crippen molar-refractivity contribution in [1.29, 1.82) is 0 Å². The van der Waals surface area contributed by atoms with Crippen LogP contribution in [0.4, 0.5) is 5.95 Å². The summed E-state index contributed by atoms with van der Waals surface area (Å²) in [6.45, 7) is 1.92. The number of nitrogens with zero attached hydrogens (tertiary/aromatic N) is 3. The molecule has 0 unspecified atom stereocenters. The maximum absolute atomic E-state index is 12.6. The van der Waals surface area contributed by atoms with Crippen molar-refractivity contribution >= 4 is 28.9 Å². The molecule has 0 fully saturated rings. The lowest BCUT2D eigenvalue weighted by Gasteiger charge is -2.31. The van der Waals surface area contributed by atoms with Gasteiger partial charge in [-0.3, -0.25) is 24.5 Å². The molecule has 1 amide bonds. The van der Waals surface area contributed by atoms with Gasteiger partial charge in [-0.05, 0) is 31.2 Å². The third-order valence-electron chi connectivity index (χ3n) is 4.24. The molecule has 3 aromatic rings. The zero-order chi connectivity index (χ0) is 17.4. The Labute approximate surface area is 143 Å². The van der Waals surface area contributed by atoms with E-state index in [2.05, 4.69) is 15.3 Å². The number of anilines is 1. The Hall–Kier alpha value is -3.22. The highest BCUT2D eigenvalue weighted by Gasteiger charge is 2.44. The Morgan fingerprint density at radius 3 is 2.80 bits per heavy atom. The van der Waals surface area contributed by atoms with Gasteiger partial charge in [-0.15, -0.1) is 0 Å². The molecule has 1 aliphatic rings. The summed E-state index contributed by atoms with van der Waals surface area (Å²) < 4.78 is 6.99. The van der Waals surface area contributed by atoms with Crippen LogP contribution in [0.2, 0.25) is 0 Å². The first-order valence-electron chi connectivity index (χ1n) is 8.06. The van der Waals surface area contributed by atoms with E-state index >= 15 is 0 Å². The number of rotatable bonds is 3. The smallest absolute Gasteiger partial charge is 0.321 e. The summed E-state index contributed by atoms with van der Waals surface area (Å²) in [6.07, 6.45) is 1.64. The fourth-order valence-corrected chi connectivity index (χ4v) is 3.22. The molecule has 0 saturated carbocycles. The predicted octanol–water partition coefficient (Wildman–Crippen LogP) is 2.15. The first kappa shape index (κ1) is 15.3. The van der Waals surface area contributed by atoms with Crippen LogP contribution in [0.25, 0.3) is 11.0 Å². The van der Waals surface area contributed by atoms with Crippen molar-refractivity contribution in [2.75, 3.05) is 11.9 Å². The summed E-state index contributed by atoms with van der Waals surface area (Å²) in [4.78, 5) is 34.0. The summed E-state index contributed by atoms with van der Waals surface area (Å²) in [7, 11) is 0. The van der Waals surface area contributed by atoms with Gasteiger partial charge in [-0.25, -0.2) is 4.98 Å². The molecule has 126 valence electrons. The van der Waals surface area contributed by atoms with E-state index in [-0.39, 0.29) is 6.61 Å². The molecule has 0 radical (unpaired) electrons. The van der Waals surface area contributed by atoms with Crippen LogP contribution in [0.5, 0.6) is 0 Å². The molecule has 1 aromatic carbocycles. The van der Waals surface area contributed by atoms with Gasteiger partial charge in [0.1, 0.15) is 6.04 Å². The van der Waals surface area contributed by atoms with Crippen LogP contribution in [0.3, 0.4) is 0 Å². The third-order valence-corrected chi connectivity index (χ3v) is 4.24. The average molecular weight is 336 g/mol. The molecule has 2 atom stereocenters. The van der Waals surface area contributed by atoms with Crippen LogP contribution in [-0.4, -0.2) is 33.0 Å². The minimum absolute atomic E-state index is 0.203. The van der Waals surface area contributed by atoms with E-state index in [0.29, 0.717) is 11.6 Å². The molecule has 1 N–H and O–H groups in total. The molecule has 3 heterocycles. The summed E-state index contributed by atoms with van der Waals surface area (Å²) in [5, 5.41) is 2.72. The minimum atomic E-state index is -1.03. The number of pyridine rings is 1. The lowest BCUT2D eigenvalue weighted by Crippen LogP contribution is -2.43. The van der Waals surface area contributed by atoms with E-state index in [1.54, 1.807) is 25.3 Å². The van der Waals surface area contributed by atoms with Crippen molar-refractivity contribution in [2.24, 2.45) is 5.92 Å². The first-order chi connectivity index (χ1) is 12.2. The molecule has 25 heavy (non-hydrogen) atoms. The van der Waals surface area contributed by atoms with Crippen LogP contribution in [0, 0.1) is 5.92 Å². The van der Waals surface area contributed by atoms with Crippen LogP contribution in [0.1, 0.15) is 18.7 Å². The highest BCUT2D eigenvalue weighted by atomic mass is 16.5. The lowest BCUT2D eigenvalue weighted by molar-refractivity contribution is -0.152. The van der Waals surface area contributed by atoms with Crippen LogP contribution >= 0.6 is 0 Å². The molecular weight excluding hydrogens is 320 g/mol. The number of esters is 1. The van der Waals surface area contributed by atoms with Gasteiger partial charge < -0.3 is 4.74 Å². The highest BCUT2D eigenvalue weighted by Crippen LogP contribution is 2.37.